The topological polar surface area (TPSA) is 95.9 Å². The first-order chi connectivity index (χ1) is 12.5. The normalized spacial score (nSPS) is 26.7. The van der Waals surface area contributed by atoms with E-state index in [2.05, 4.69) is 10.3 Å². The fourth-order valence-electron chi connectivity index (χ4n) is 3.93. The number of amides is 4. The largest absolute Gasteiger partial charge is 0.325 e. The van der Waals surface area contributed by atoms with Crippen molar-refractivity contribution in [1.29, 1.82) is 0 Å². The quantitative estimate of drug-likeness (QED) is 0.754. The number of nitrogens with one attached hydrogen (secondary N) is 1. The number of likely N-dealkylation sites (tertiary alicyclic amines) is 1. The Morgan fingerprint density at radius 3 is 2.62 bits per heavy atom. The maximum Gasteiger partial charge on any atom is 0.266 e. The molecule has 2 aliphatic heterocycles. The molecule has 0 aromatic heterocycles. The number of carbonyl (C=O) groups excluding carboxylic acids is 4. The van der Waals surface area contributed by atoms with Gasteiger partial charge in [0.05, 0.1) is 5.71 Å². The summed E-state index contributed by atoms with van der Waals surface area (Å²) < 4.78 is 0. The minimum atomic E-state index is -0.553. The van der Waals surface area contributed by atoms with E-state index in [1.165, 1.54) is 5.57 Å². The molecule has 7 nitrogen and oxygen atoms in total. The molecule has 1 atom stereocenters. The van der Waals surface area contributed by atoms with Crippen LogP contribution in [0.15, 0.2) is 40.1 Å². The van der Waals surface area contributed by atoms with Crippen molar-refractivity contribution in [3.8, 4) is 0 Å². The van der Waals surface area contributed by atoms with Gasteiger partial charge in [-0.15, -0.1) is 0 Å². The Kier molecular flexibility index (Phi) is 4.14. The van der Waals surface area contributed by atoms with E-state index in [9.17, 15) is 19.2 Å². The number of rotatable bonds is 2. The van der Waals surface area contributed by atoms with Gasteiger partial charge in [-0.1, -0.05) is 6.08 Å². The van der Waals surface area contributed by atoms with Gasteiger partial charge in [-0.2, -0.15) is 0 Å². The first-order valence-corrected chi connectivity index (χ1v) is 8.90. The third-order valence-electron chi connectivity index (χ3n) is 5.22. The van der Waals surface area contributed by atoms with E-state index in [4.69, 9.17) is 0 Å². The molecule has 0 bridgehead atoms. The van der Waals surface area contributed by atoms with Crippen molar-refractivity contribution in [3.05, 3.63) is 35.1 Å². The summed E-state index contributed by atoms with van der Waals surface area (Å²) in [5.41, 5.74) is 3.21. The van der Waals surface area contributed by atoms with Gasteiger partial charge in [0.1, 0.15) is 6.54 Å². The zero-order valence-electron chi connectivity index (χ0n) is 14.3. The van der Waals surface area contributed by atoms with Crippen LogP contribution in [-0.2, 0) is 19.2 Å². The first-order valence-electron chi connectivity index (χ1n) is 8.90. The molecule has 4 rings (SSSR count). The molecule has 134 valence electrons. The Morgan fingerprint density at radius 2 is 1.85 bits per heavy atom. The summed E-state index contributed by atoms with van der Waals surface area (Å²) in [5, 5.41) is 2.91. The molecular weight excluding hydrogens is 334 g/mol. The van der Waals surface area contributed by atoms with Gasteiger partial charge in [0.25, 0.3) is 11.8 Å². The Bertz CT molecular complexity index is 831. The molecule has 4 aliphatic rings. The predicted molar refractivity (Wildman–Crippen MR) is 92.7 cm³/mol. The maximum atomic E-state index is 12.3. The average molecular weight is 353 g/mol. The number of hydrogen-bond donors (Lipinski definition) is 1. The van der Waals surface area contributed by atoms with Crippen LogP contribution in [0.5, 0.6) is 0 Å². The fraction of sp³-hybridized carbons (Fsp3) is 0.421. The standard InChI is InChI=1S/C19H19N3O4/c23-16(10-22-17(24)7-8-18(22)25)20-11-5-6-13-12-3-1-2-4-14(12)19(26)21-15(13)9-11/h5-6,9,13H,1-4,7-8,10H2,(H,21,26). The number of nitrogens with zero attached hydrogens (tertiary/aromatic N) is 2. The molecule has 7 heteroatoms. The van der Waals surface area contributed by atoms with E-state index in [0.717, 1.165) is 41.9 Å². The van der Waals surface area contributed by atoms with Gasteiger partial charge >= 0.3 is 0 Å². The maximum absolute atomic E-state index is 12.3. The lowest BCUT2D eigenvalue weighted by molar-refractivity contribution is -0.141. The average Bonchev–Trinajstić information content (AvgIpc) is 2.94. The van der Waals surface area contributed by atoms with Crippen LogP contribution in [0.2, 0.25) is 0 Å². The van der Waals surface area contributed by atoms with Gasteiger partial charge in [-0.25, -0.2) is 4.99 Å². The first kappa shape index (κ1) is 16.6. The summed E-state index contributed by atoms with van der Waals surface area (Å²) >= 11 is 0. The Morgan fingerprint density at radius 1 is 1.12 bits per heavy atom. The zero-order valence-corrected chi connectivity index (χ0v) is 14.3. The number of aliphatic imine (C=N–C) groups is 1. The lowest BCUT2D eigenvalue weighted by Crippen LogP contribution is -2.37. The molecule has 1 saturated heterocycles. The Hall–Kier alpha value is -2.83. The summed E-state index contributed by atoms with van der Waals surface area (Å²) in [5.74, 6) is -1.24. The highest BCUT2D eigenvalue weighted by atomic mass is 16.2. The molecule has 0 spiro atoms. The van der Waals surface area contributed by atoms with Crippen LogP contribution in [0.1, 0.15) is 38.5 Å². The molecule has 2 heterocycles. The molecule has 0 saturated carbocycles. The van der Waals surface area contributed by atoms with Crippen LogP contribution in [0, 0.1) is 5.92 Å². The Labute approximate surface area is 150 Å². The van der Waals surface area contributed by atoms with E-state index in [1.54, 1.807) is 12.2 Å². The minimum absolute atomic E-state index is 0.0405. The number of allylic oxidation sites excluding steroid dienone is 3. The number of carbonyl (C=O) groups is 4. The van der Waals surface area contributed by atoms with Crippen LogP contribution >= 0.6 is 0 Å². The summed E-state index contributed by atoms with van der Waals surface area (Å²) in [6, 6.07) is 0. The van der Waals surface area contributed by atoms with Crippen LogP contribution < -0.4 is 5.32 Å². The molecule has 1 unspecified atom stereocenters. The smallest absolute Gasteiger partial charge is 0.266 e. The molecule has 4 amide bonds. The monoisotopic (exact) mass is 353 g/mol. The van der Waals surface area contributed by atoms with Crippen LogP contribution in [0.3, 0.4) is 0 Å². The van der Waals surface area contributed by atoms with Gasteiger partial charge in [0.2, 0.25) is 11.8 Å². The van der Waals surface area contributed by atoms with Crippen molar-refractivity contribution in [2.75, 3.05) is 6.54 Å². The lowest BCUT2D eigenvalue weighted by atomic mass is 9.77. The minimum Gasteiger partial charge on any atom is -0.325 e. The van der Waals surface area contributed by atoms with Gasteiger partial charge < -0.3 is 5.32 Å². The van der Waals surface area contributed by atoms with Crippen molar-refractivity contribution in [3.63, 3.8) is 0 Å². The summed E-state index contributed by atoms with van der Waals surface area (Å²) in [6.45, 7) is -0.330. The van der Waals surface area contributed by atoms with Crippen molar-refractivity contribution in [1.82, 2.24) is 10.2 Å². The SMILES string of the molecule is O=C(CN1C(=O)CCC1=O)N=C1C=CC2C(=C1)NC(=O)C1=C2CCCC1. The van der Waals surface area contributed by atoms with Crippen LogP contribution in [0.25, 0.3) is 0 Å². The highest BCUT2D eigenvalue weighted by Crippen LogP contribution is 2.38. The van der Waals surface area contributed by atoms with Gasteiger partial charge in [0.15, 0.2) is 0 Å². The van der Waals surface area contributed by atoms with Gasteiger partial charge in [-0.05, 0) is 43.4 Å². The molecule has 26 heavy (non-hydrogen) atoms. The van der Waals surface area contributed by atoms with E-state index in [0.29, 0.717) is 5.71 Å². The molecule has 0 aromatic rings. The van der Waals surface area contributed by atoms with E-state index >= 15 is 0 Å². The Balaban J connectivity index is 1.52. The number of imide groups is 1. The molecule has 0 radical (unpaired) electrons. The summed E-state index contributed by atoms with van der Waals surface area (Å²) in [4.78, 5) is 52.5. The van der Waals surface area contributed by atoms with E-state index in [-0.39, 0.29) is 43.0 Å². The van der Waals surface area contributed by atoms with Crippen LogP contribution in [0.4, 0.5) is 0 Å². The van der Waals surface area contributed by atoms with Crippen LogP contribution in [-0.4, -0.2) is 40.8 Å². The second-order valence-electron chi connectivity index (χ2n) is 6.91. The number of fused-ring (bicyclic) bond motifs is 2. The highest BCUT2D eigenvalue weighted by Gasteiger charge is 2.33. The molecule has 2 aliphatic carbocycles. The molecule has 1 fully saturated rings. The predicted octanol–water partition coefficient (Wildman–Crippen LogP) is 1.17. The summed E-state index contributed by atoms with van der Waals surface area (Å²) in [7, 11) is 0. The van der Waals surface area contributed by atoms with E-state index < -0.39 is 5.91 Å². The third-order valence-corrected chi connectivity index (χ3v) is 5.22. The van der Waals surface area contributed by atoms with Crippen molar-refractivity contribution in [2.24, 2.45) is 10.9 Å². The molecule has 1 N–H and O–H groups in total. The zero-order chi connectivity index (χ0) is 18.3. The molecule has 0 aromatic carbocycles. The fourth-order valence-corrected chi connectivity index (χ4v) is 3.93. The van der Waals surface area contributed by atoms with Gasteiger partial charge in [0, 0.05) is 30.0 Å². The second kappa shape index (κ2) is 6.48. The van der Waals surface area contributed by atoms with Crippen molar-refractivity contribution >= 4 is 29.3 Å². The summed E-state index contributed by atoms with van der Waals surface area (Å²) in [6.07, 6.45) is 9.57. The third kappa shape index (κ3) is 2.94. The lowest BCUT2D eigenvalue weighted by Gasteiger charge is -2.33. The van der Waals surface area contributed by atoms with Gasteiger partial charge in [-0.3, -0.25) is 24.1 Å². The number of hydrogen-bond acceptors (Lipinski definition) is 4. The molecular formula is C19H19N3O4. The van der Waals surface area contributed by atoms with Crippen molar-refractivity contribution < 1.29 is 19.2 Å². The second-order valence-corrected chi connectivity index (χ2v) is 6.91. The van der Waals surface area contributed by atoms with E-state index in [1.807, 2.05) is 6.08 Å². The van der Waals surface area contributed by atoms with Crippen molar-refractivity contribution in [2.45, 2.75) is 38.5 Å². The highest BCUT2D eigenvalue weighted by molar-refractivity contribution is 6.13.